The standard InChI is InChI=1S/C20H22ClNO4S/c1-11-10-13(8-9-15(11)21)26-12(2)18(23)22-19-17(20(24)25-3)14-6-4-5-7-16(14)27-19/h8-10,12H,4-7H2,1-3H3,(H,22,23)/t12-/m0/s1. The zero-order chi connectivity index (χ0) is 19.6. The lowest BCUT2D eigenvalue weighted by Gasteiger charge is -2.15. The molecule has 0 spiro atoms. The molecule has 7 heteroatoms. The van der Waals surface area contributed by atoms with E-state index < -0.39 is 12.1 Å². The van der Waals surface area contributed by atoms with Gasteiger partial charge in [-0.25, -0.2) is 4.79 Å². The Morgan fingerprint density at radius 3 is 2.70 bits per heavy atom. The Bertz CT molecular complexity index is 877. The van der Waals surface area contributed by atoms with E-state index in [0.717, 1.165) is 41.7 Å². The molecule has 27 heavy (non-hydrogen) atoms. The Balaban J connectivity index is 1.77. The number of thiophene rings is 1. The van der Waals surface area contributed by atoms with Gasteiger partial charge < -0.3 is 14.8 Å². The average molecular weight is 408 g/mol. The molecule has 3 rings (SSSR count). The molecule has 1 N–H and O–H groups in total. The summed E-state index contributed by atoms with van der Waals surface area (Å²) in [4.78, 5) is 26.1. The third-order valence-electron chi connectivity index (χ3n) is 4.61. The predicted molar refractivity (Wildman–Crippen MR) is 107 cm³/mol. The highest BCUT2D eigenvalue weighted by atomic mass is 35.5. The highest BCUT2D eigenvalue weighted by Gasteiger charge is 2.28. The SMILES string of the molecule is COC(=O)c1c(NC(=O)[C@H](C)Oc2ccc(Cl)c(C)c2)sc2c1CCCC2. The molecule has 1 atom stereocenters. The van der Waals surface area contributed by atoms with Gasteiger partial charge >= 0.3 is 5.97 Å². The molecule has 144 valence electrons. The van der Waals surface area contributed by atoms with Crippen LogP contribution < -0.4 is 10.1 Å². The van der Waals surface area contributed by atoms with Gasteiger partial charge in [0.1, 0.15) is 10.8 Å². The number of ether oxygens (including phenoxy) is 2. The second-order valence-corrected chi connectivity index (χ2v) is 8.08. The summed E-state index contributed by atoms with van der Waals surface area (Å²) in [5.74, 6) is -0.156. The van der Waals surface area contributed by atoms with Crippen LogP contribution in [0.5, 0.6) is 5.75 Å². The zero-order valence-electron chi connectivity index (χ0n) is 15.6. The summed E-state index contributed by atoms with van der Waals surface area (Å²) < 4.78 is 10.7. The van der Waals surface area contributed by atoms with Crippen molar-refractivity contribution < 1.29 is 19.1 Å². The van der Waals surface area contributed by atoms with Gasteiger partial charge in [-0.05, 0) is 68.9 Å². The quantitative estimate of drug-likeness (QED) is 0.724. The molecule has 1 aliphatic carbocycles. The van der Waals surface area contributed by atoms with E-state index in [9.17, 15) is 9.59 Å². The number of anilines is 1. The Labute approximate surface area is 167 Å². The monoisotopic (exact) mass is 407 g/mol. The largest absolute Gasteiger partial charge is 0.481 e. The van der Waals surface area contributed by atoms with Gasteiger partial charge in [0, 0.05) is 9.90 Å². The summed E-state index contributed by atoms with van der Waals surface area (Å²) in [6.07, 6.45) is 3.17. The van der Waals surface area contributed by atoms with E-state index in [1.54, 1.807) is 25.1 Å². The molecule has 5 nitrogen and oxygen atoms in total. The van der Waals surface area contributed by atoms with Crippen LogP contribution in [0.3, 0.4) is 0 Å². The van der Waals surface area contributed by atoms with Gasteiger partial charge in [0.05, 0.1) is 12.7 Å². The normalized spacial score (nSPS) is 14.2. The lowest BCUT2D eigenvalue weighted by atomic mass is 9.95. The summed E-state index contributed by atoms with van der Waals surface area (Å²) in [6.45, 7) is 3.54. The molecule has 0 saturated heterocycles. The molecule has 0 fully saturated rings. The summed E-state index contributed by atoms with van der Waals surface area (Å²) in [5.41, 5.74) is 2.37. The molecule has 1 aromatic heterocycles. The zero-order valence-corrected chi connectivity index (χ0v) is 17.1. The summed E-state index contributed by atoms with van der Waals surface area (Å²) in [6, 6.07) is 5.25. The van der Waals surface area contributed by atoms with Crippen LogP contribution in [0.25, 0.3) is 0 Å². The van der Waals surface area contributed by atoms with Crippen molar-refractivity contribution in [2.24, 2.45) is 0 Å². The lowest BCUT2D eigenvalue weighted by Crippen LogP contribution is -2.30. The maximum atomic E-state index is 12.6. The number of carbonyl (C=O) groups is 2. The van der Waals surface area contributed by atoms with Crippen molar-refractivity contribution in [3.05, 3.63) is 44.8 Å². The van der Waals surface area contributed by atoms with Crippen LogP contribution in [-0.2, 0) is 22.4 Å². The van der Waals surface area contributed by atoms with Gasteiger partial charge in [0.25, 0.3) is 5.91 Å². The molecule has 1 aromatic carbocycles. The van der Waals surface area contributed by atoms with Crippen molar-refractivity contribution in [3.8, 4) is 5.75 Å². The Hall–Kier alpha value is -2.05. The van der Waals surface area contributed by atoms with E-state index in [1.165, 1.54) is 18.4 Å². The number of esters is 1. The number of hydrogen-bond donors (Lipinski definition) is 1. The molecule has 0 saturated carbocycles. The Kier molecular flexibility index (Phi) is 6.07. The fourth-order valence-electron chi connectivity index (χ4n) is 3.13. The van der Waals surface area contributed by atoms with Crippen molar-refractivity contribution >= 4 is 39.8 Å². The fourth-order valence-corrected chi connectivity index (χ4v) is 4.53. The predicted octanol–water partition coefficient (Wildman–Crippen LogP) is 4.78. The van der Waals surface area contributed by atoms with Crippen LogP contribution in [0.2, 0.25) is 5.02 Å². The van der Waals surface area contributed by atoms with Crippen molar-refractivity contribution in [3.63, 3.8) is 0 Å². The number of nitrogens with one attached hydrogen (secondary N) is 1. The first-order chi connectivity index (χ1) is 12.9. The van der Waals surface area contributed by atoms with E-state index in [4.69, 9.17) is 21.1 Å². The van der Waals surface area contributed by atoms with E-state index in [1.807, 2.05) is 6.92 Å². The van der Waals surface area contributed by atoms with Crippen LogP contribution in [0.4, 0.5) is 5.00 Å². The first-order valence-corrected chi connectivity index (χ1v) is 10.1. The highest BCUT2D eigenvalue weighted by Crippen LogP contribution is 2.38. The molecule has 2 aromatic rings. The number of rotatable bonds is 5. The number of methoxy groups -OCH3 is 1. The third-order valence-corrected chi connectivity index (χ3v) is 6.24. The first kappa shape index (κ1) is 19.7. The number of fused-ring (bicyclic) bond motifs is 1. The molecular weight excluding hydrogens is 386 g/mol. The summed E-state index contributed by atoms with van der Waals surface area (Å²) in [7, 11) is 1.36. The van der Waals surface area contributed by atoms with Gasteiger partial charge in [-0.2, -0.15) is 0 Å². The van der Waals surface area contributed by atoms with Crippen molar-refractivity contribution in [2.45, 2.75) is 45.6 Å². The minimum absolute atomic E-state index is 0.314. The fraction of sp³-hybridized carbons (Fsp3) is 0.400. The number of benzene rings is 1. The van der Waals surface area contributed by atoms with E-state index in [2.05, 4.69) is 5.32 Å². The maximum Gasteiger partial charge on any atom is 0.341 e. The molecule has 1 amide bonds. The number of amides is 1. The lowest BCUT2D eigenvalue weighted by molar-refractivity contribution is -0.122. The van der Waals surface area contributed by atoms with E-state index in [-0.39, 0.29) is 5.91 Å². The van der Waals surface area contributed by atoms with Crippen LogP contribution in [0.15, 0.2) is 18.2 Å². The topological polar surface area (TPSA) is 64.6 Å². The minimum atomic E-state index is -0.727. The third kappa shape index (κ3) is 4.28. The van der Waals surface area contributed by atoms with Gasteiger partial charge in [0.15, 0.2) is 6.10 Å². The number of carbonyl (C=O) groups excluding carboxylic acids is 2. The molecule has 1 aliphatic rings. The van der Waals surface area contributed by atoms with Gasteiger partial charge in [0.2, 0.25) is 0 Å². The molecule has 1 heterocycles. The molecule has 0 aliphatic heterocycles. The molecule has 0 radical (unpaired) electrons. The second-order valence-electron chi connectivity index (χ2n) is 6.57. The van der Waals surface area contributed by atoms with Crippen molar-refractivity contribution in [1.82, 2.24) is 0 Å². The van der Waals surface area contributed by atoms with Gasteiger partial charge in [-0.15, -0.1) is 11.3 Å². The van der Waals surface area contributed by atoms with Crippen LogP contribution in [0, 0.1) is 6.92 Å². The van der Waals surface area contributed by atoms with Crippen LogP contribution >= 0.6 is 22.9 Å². The maximum absolute atomic E-state index is 12.6. The molecule has 0 unspecified atom stereocenters. The Morgan fingerprint density at radius 2 is 2.00 bits per heavy atom. The second kappa shape index (κ2) is 8.31. The van der Waals surface area contributed by atoms with Crippen molar-refractivity contribution in [1.29, 1.82) is 0 Å². The number of hydrogen-bond acceptors (Lipinski definition) is 5. The van der Waals surface area contributed by atoms with Gasteiger partial charge in [-0.1, -0.05) is 11.6 Å². The Morgan fingerprint density at radius 1 is 1.26 bits per heavy atom. The average Bonchev–Trinajstić information content (AvgIpc) is 3.01. The number of aryl methyl sites for hydroxylation is 2. The highest BCUT2D eigenvalue weighted by molar-refractivity contribution is 7.17. The minimum Gasteiger partial charge on any atom is -0.481 e. The van der Waals surface area contributed by atoms with Crippen molar-refractivity contribution in [2.75, 3.05) is 12.4 Å². The molecular formula is C20H22ClNO4S. The van der Waals surface area contributed by atoms with Crippen LogP contribution in [0.1, 0.15) is 46.1 Å². The summed E-state index contributed by atoms with van der Waals surface area (Å²) >= 11 is 7.48. The van der Waals surface area contributed by atoms with Gasteiger partial charge in [-0.3, -0.25) is 4.79 Å². The van der Waals surface area contributed by atoms with E-state index >= 15 is 0 Å². The number of halogens is 1. The van der Waals surface area contributed by atoms with Crippen LogP contribution in [-0.4, -0.2) is 25.1 Å². The molecule has 0 bridgehead atoms. The summed E-state index contributed by atoms with van der Waals surface area (Å²) in [5, 5.41) is 4.04. The first-order valence-electron chi connectivity index (χ1n) is 8.87. The van der Waals surface area contributed by atoms with E-state index in [0.29, 0.717) is 21.3 Å². The smallest absolute Gasteiger partial charge is 0.341 e.